The van der Waals surface area contributed by atoms with Crippen LogP contribution < -0.4 is 14.8 Å². The summed E-state index contributed by atoms with van der Waals surface area (Å²) in [4.78, 5) is 21.0. The molecule has 6 nitrogen and oxygen atoms in total. The molecule has 3 rings (SSSR count). The number of methoxy groups -OCH3 is 1. The maximum Gasteiger partial charge on any atom is 0.262 e. The van der Waals surface area contributed by atoms with E-state index in [1.165, 1.54) is 0 Å². The number of nitrogens with one attached hydrogen (secondary N) is 1. The molecule has 0 saturated heterocycles. The molecule has 3 aromatic rings. The minimum Gasteiger partial charge on any atom is -0.497 e. The highest BCUT2D eigenvalue weighted by Crippen LogP contribution is 2.22. The third-order valence-corrected chi connectivity index (χ3v) is 3.62. The molecule has 1 N–H and O–H groups in total. The lowest BCUT2D eigenvalue weighted by Crippen LogP contribution is -2.20. The quantitative estimate of drug-likeness (QED) is 0.747. The summed E-state index contributed by atoms with van der Waals surface area (Å²) in [7, 11) is 1.58. The summed E-state index contributed by atoms with van der Waals surface area (Å²) in [6.45, 7) is 1.84. The maximum absolute atomic E-state index is 12.2. The normalized spacial score (nSPS) is 10.5. The van der Waals surface area contributed by atoms with Gasteiger partial charge in [-0.1, -0.05) is 25.1 Å². The standard InChI is InChI=1S/C19H19N3O3/c1-3-17-21-16-10-5-4-9-15(16)19(22-17)25-12-18(23)20-13-7-6-8-14(11-13)24-2/h4-11H,3,12H2,1-2H3,(H,20,23). The number of fused-ring (bicyclic) bond motifs is 1. The van der Waals surface area contributed by atoms with Gasteiger partial charge in [-0.15, -0.1) is 0 Å². The summed E-state index contributed by atoms with van der Waals surface area (Å²) in [5.41, 5.74) is 1.45. The number of aryl methyl sites for hydroxylation is 1. The van der Waals surface area contributed by atoms with E-state index in [9.17, 15) is 4.79 Å². The number of ether oxygens (including phenoxy) is 2. The van der Waals surface area contributed by atoms with E-state index >= 15 is 0 Å². The number of amides is 1. The van der Waals surface area contributed by atoms with Gasteiger partial charge in [0, 0.05) is 18.2 Å². The Morgan fingerprint density at radius 2 is 1.96 bits per heavy atom. The molecule has 0 radical (unpaired) electrons. The molecule has 2 aromatic carbocycles. The van der Waals surface area contributed by atoms with Gasteiger partial charge in [0.2, 0.25) is 5.88 Å². The number of benzene rings is 2. The van der Waals surface area contributed by atoms with Crippen LogP contribution in [0.2, 0.25) is 0 Å². The number of hydrogen-bond donors (Lipinski definition) is 1. The van der Waals surface area contributed by atoms with Crippen molar-refractivity contribution in [1.29, 1.82) is 0 Å². The Bertz CT molecular complexity index is 896. The van der Waals surface area contributed by atoms with E-state index in [-0.39, 0.29) is 12.5 Å². The van der Waals surface area contributed by atoms with E-state index in [0.29, 0.717) is 29.6 Å². The van der Waals surface area contributed by atoms with Crippen molar-refractivity contribution in [1.82, 2.24) is 9.97 Å². The lowest BCUT2D eigenvalue weighted by molar-refractivity contribution is -0.118. The summed E-state index contributed by atoms with van der Waals surface area (Å²) in [6.07, 6.45) is 0.692. The van der Waals surface area contributed by atoms with Gasteiger partial charge in [-0.25, -0.2) is 4.98 Å². The van der Waals surface area contributed by atoms with Gasteiger partial charge in [0.15, 0.2) is 6.61 Å². The van der Waals surface area contributed by atoms with Gasteiger partial charge in [-0.3, -0.25) is 4.79 Å². The van der Waals surface area contributed by atoms with E-state index in [2.05, 4.69) is 15.3 Å². The zero-order valence-corrected chi connectivity index (χ0v) is 14.2. The number of carbonyl (C=O) groups is 1. The van der Waals surface area contributed by atoms with Crippen molar-refractivity contribution in [3.8, 4) is 11.6 Å². The molecule has 1 heterocycles. The van der Waals surface area contributed by atoms with Gasteiger partial charge in [0.1, 0.15) is 11.6 Å². The van der Waals surface area contributed by atoms with E-state index in [1.807, 2.05) is 37.3 Å². The third-order valence-electron chi connectivity index (χ3n) is 3.62. The zero-order chi connectivity index (χ0) is 17.6. The highest BCUT2D eigenvalue weighted by Gasteiger charge is 2.10. The number of aromatic nitrogens is 2. The Morgan fingerprint density at radius 1 is 1.12 bits per heavy atom. The molecule has 0 aliphatic rings. The molecule has 128 valence electrons. The Hall–Kier alpha value is -3.15. The van der Waals surface area contributed by atoms with Crippen LogP contribution in [0.5, 0.6) is 11.6 Å². The van der Waals surface area contributed by atoms with Crippen molar-refractivity contribution in [2.24, 2.45) is 0 Å². The smallest absolute Gasteiger partial charge is 0.262 e. The highest BCUT2D eigenvalue weighted by atomic mass is 16.5. The average Bonchev–Trinajstić information content (AvgIpc) is 2.66. The van der Waals surface area contributed by atoms with Gasteiger partial charge in [0.05, 0.1) is 18.0 Å². The van der Waals surface area contributed by atoms with Crippen molar-refractivity contribution < 1.29 is 14.3 Å². The second kappa shape index (κ2) is 7.61. The predicted molar refractivity (Wildman–Crippen MR) is 96.0 cm³/mol. The second-order valence-corrected chi connectivity index (χ2v) is 5.38. The van der Waals surface area contributed by atoms with Crippen molar-refractivity contribution in [2.45, 2.75) is 13.3 Å². The van der Waals surface area contributed by atoms with Crippen LogP contribution in [0.15, 0.2) is 48.5 Å². The molecular weight excluding hydrogens is 318 g/mol. The Labute approximate surface area is 145 Å². The largest absolute Gasteiger partial charge is 0.497 e. The molecule has 1 aromatic heterocycles. The fraction of sp³-hybridized carbons (Fsp3) is 0.211. The first kappa shape index (κ1) is 16.7. The van der Waals surface area contributed by atoms with Gasteiger partial charge in [-0.05, 0) is 24.3 Å². The van der Waals surface area contributed by atoms with E-state index in [1.54, 1.807) is 25.3 Å². The number of hydrogen-bond acceptors (Lipinski definition) is 5. The van der Waals surface area contributed by atoms with Crippen LogP contribution in [0.25, 0.3) is 10.9 Å². The van der Waals surface area contributed by atoms with Gasteiger partial charge < -0.3 is 14.8 Å². The topological polar surface area (TPSA) is 73.3 Å². The summed E-state index contributed by atoms with van der Waals surface area (Å²) in [5, 5.41) is 3.56. The molecule has 0 fully saturated rings. The van der Waals surface area contributed by atoms with Crippen LogP contribution in [-0.4, -0.2) is 29.6 Å². The van der Waals surface area contributed by atoms with Crippen LogP contribution in [0.1, 0.15) is 12.7 Å². The first-order valence-electron chi connectivity index (χ1n) is 8.02. The number of anilines is 1. The molecule has 25 heavy (non-hydrogen) atoms. The Kier molecular flexibility index (Phi) is 5.09. The molecule has 0 spiro atoms. The van der Waals surface area contributed by atoms with Crippen LogP contribution in [0, 0.1) is 0 Å². The molecule has 0 aliphatic heterocycles. The number of carbonyl (C=O) groups excluding carboxylic acids is 1. The van der Waals surface area contributed by atoms with Crippen LogP contribution in [0.3, 0.4) is 0 Å². The van der Waals surface area contributed by atoms with Crippen LogP contribution in [0.4, 0.5) is 5.69 Å². The lowest BCUT2D eigenvalue weighted by atomic mass is 10.2. The Balaban J connectivity index is 1.72. The fourth-order valence-corrected chi connectivity index (χ4v) is 2.39. The lowest BCUT2D eigenvalue weighted by Gasteiger charge is -2.10. The molecule has 0 unspecified atom stereocenters. The maximum atomic E-state index is 12.2. The minimum absolute atomic E-state index is 0.138. The van der Waals surface area contributed by atoms with Crippen molar-refractivity contribution >= 4 is 22.5 Å². The Morgan fingerprint density at radius 3 is 2.76 bits per heavy atom. The number of para-hydroxylation sites is 1. The molecule has 0 atom stereocenters. The van der Waals surface area contributed by atoms with Gasteiger partial charge >= 0.3 is 0 Å². The predicted octanol–water partition coefficient (Wildman–Crippen LogP) is 3.22. The molecule has 0 aliphatic carbocycles. The second-order valence-electron chi connectivity index (χ2n) is 5.38. The monoisotopic (exact) mass is 337 g/mol. The van der Waals surface area contributed by atoms with Crippen LogP contribution >= 0.6 is 0 Å². The first-order valence-corrected chi connectivity index (χ1v) is 8.02. The molecule has 0 bridgehead atoms. The van der Waals surface area contributed by atoms with Crippen LogP contribution in [-0.2, 0) is 11.2 Å². The number of rotatable bonds is 6. The molecule has 0 saturated carbocycles. The highest BCUT2D eigenvalue weighted by molar-refractivity contribution is 5.92. The average molecular weight is 337 g/mol. The third kappa shape index (κ3) is 4.03. The van der Waals surface area contributed by atoms with Gasteiger partial charge in [0.25, 0.3) is 5.91 Å². The fourth-order valence-electron chi connectivity index (χ4n) is 2.39. The molecule has 6 heteroatoms. The summed E-state index contributed by atoms with van der Waals surface area (Å²) < 4.78 is 10.8. The molecular formula is C19H19N3O3. The SMILES string of the molecule is CCc1nc(OCC(=O)Nc2cccc(OC)c2)c2ccccc2n1. The molecule has 1 amide bonds. The van der Waals surface area contributed by atoms with Gasteiger partial charge in [-0.2, -0.15) is 4.98 Å². The van der Waals surface area contributed by atoms with E-state index in [4.69, 9.17) is 9.47 Å². The van der Waals surface area contributed by atoms with E-state index < -0.39 is 0 Å². The summed E-state index contributed by atoms with van der Waals surface area (Å²) in [5.74, 6) is 1.51. The summed E-state index contributed by atoms with van der Waals surface area (Å²) in [6, 6.07) is 14.7. The first-order chi connectivity index (χ1) is 12.2. The number of nitrogens with zero attached hydrogens (tertiary/aromatic N) is 2. The van der Waals surface area contributed by atoms with Crippen molar-refractivity contribution in [3.05, 3.63) is 54.4 Å². The van der Waals surface area contributed by atoms with Crippen molar-refractivity contribution in [3.63, 3.8) is 0 Å². The zero-order valence-electron chi connectivity index (χ0n) is 14.2. The summed E-state index contributed by atoms with van der Waals surface area (Å²) >= 11 is 0. The van der Waals surface area contributed by atoms with E-state index in [0.717, 1.165) is 10.9 Å². The minimum atomic E-state index is -0.269. The van der Waals surface area contributed by atoms with Crippen molar-refractivity contribution in [2.75, 3.05) is 19.0 Å².